The zero-order chi connectivity index (χ0) is 13.1. The first kappa shape index (κ1) is 12.3. The molecule has 5 nitrogen and oxygen atoms in total. The average molecular weight is 244 g/mol. The third-order valence-corrected chi connectivity index (χ3v) is 2.98. The van der Waals surface area contributed by atoms with Gasteiger partial charge in [0.1, 0.15) is 0 Å². The van der Waals surface area contributed by atoms with Crippen LogP contribution in [0.3, 0.4) is 0 Å². The van der Waals surface area contributed by atoms with E-state index in [1.807, 2.05) is 28.1 Å². The van der Waals surface area contributed by atoms with Gasteiger partial charge in [0, 0.05) is 49.3 Å². The van der Waals surface area contributed by atoms with Gasteiger partial charge in [-0.1, -0.05) is 0 Å². The average Bonchev–Trinajstić information content (AvgIpc) is 2.82. The van der Waals surface area contributed by atoms with Crippen molar-refractivity contribution in [3.8, 4) is 11.1 Å². The van der Waals surface area contributed by atoms with Crippen LogP contribution < -0.4 is 16.0 Å². The van der Waals surface area contributed by atoms with E-state index in [1.165, 1.54) is 0 Å². The molecular formula is C13H18N5. The standard InChI is InChI=1S/C13H18N5/c1-8-10(7-17-18-8)13-11(15-3)5-9(14-2)6-12(13)16-4/h5-6,14-16H,1-4H3,(H,17,18). The van der Waals surface area contributed by atoms with Crippen molar-refractivity contribution in [1.29, 1.82) is 0 Å². The fraction of sp³-hybridized carbons (Fsp3) is 0.308. The van der Waals surface area contributed by atoms with Crippen LogP contribution in [0.25, 0.3) is 11.1 Å². The maximum absolute atomic E-state index is 4.13. The van der Waals surface area contributed by atoms with Crippen molar-refractivity contribution in [1.82, 2.24) is 10.2 Å². The molecule has 0 aliphatic carbocycles. The van der Waals surface area contributed by atoms with Gasteiger partial charge in [0.2, 0.25) is 0 Å². The molecule has 1 aromatic heterocycles. The Labute approximate surface area is 107 Å². The third-order valence-electron chi connectivity index (χ3n) is 2.98. The van der Waals surface area contributed by atoms with Gasteiger partial charge in [-0.15, -0.1) is 0 Å². The highest BCUT2D eigenvalue weighted by atomic mass is 15.1. The molecule has 2 rings (SSSR count). The predicted octanol–water partition coefficient (Wildman–Crippen LogP) is 2.31. The maximum atomic E-state index is 4.13. The molecule has 0 saturated carbocycles. The van der Waals surface area contributed by atoms with Crippen molar-refractivity contribution < 1.29 is 0 Å². The number of nitrogens with one attached hydrogen (secondary N) is 4. The molecule has 0 aliphatic rings. The third kappa shape index (κ3) is 1.99. The van der Waals surface area contributed by atoms with Crippen LogP contribution in [0.15, 0.2) is 12.1 Å². The molecule has 0 atom stereocenters. The van der Waals surface area contributed by atoms with Gasteiger partial charge in [-0.3, -0.25) is 5.10 Å². The van der Waals surface area contributed by atoms with Gasteiger partial charge in [0.15, 0.2) is 0 Å². The highest BCUT2D eigenvalue weighted by Gasteiger charge is 2.15. The highest BCUT2D eigenvalue weighted by molar-refractivity contribution is 5.91. The molecule has 2 aromatic rings. The molecule has 0 unspecified atom stereocenters. The van der Waals surface area contributed by atoms with Crippen LogP contribution in [0, 0.1) is 13.1 Å². The van der Waals surface area contributed by atoms with E-state index in [0.29, 0.717) is 0 Å². The van der Waals surface area contributed by atoms with Crippen LogP contribution in [0.5, 0.6) is 0 Å². The Morgan fingerprint density at radius 2 is 1.67 bits per heavy atom. The molecule has 95 valence electrons. The minimum Gasteiger partial charge on any atom is -0.388 e. The quantitative estimate of drug-likeness (QED) is 0.666. The summed E-state index contributed by atoms with van der Waals surface area (Å²) in [7, 11) is 5.73. The van der Waals surface area contributed by atoms with Crippen LogP contribution in [-0.4, -0.2) is 31.3 Å². The van der Waals surface area contributed by atoms with E-state index in [9.17, 15) is 0 Å². The Balaban J connectivity index is 2.68. The van der Waals surface area contributed by atoms with Crippen molar-refractivity contribution in [2.45, 2.75) is 6.92 Å². The highest BCUT2D eigenvalue weighted by Crippen LogP contribution is 2.38. The van der Waals surface area contributed by atoms with E-state index < -0.39 is 0 Å². The number of hydrogen-bond acceptors (Lipinski definition) is 4. The lowest BCUT2D eigenvalue weighted by Crippen LogP contribution is -2.01. The summed E-state index contributed by atoms with van der Waals surface area (Å²) in [4.78, 5) is 0. The normalized spacial score (nSPS) is 10.2. The number of aromatic amines is 1. The second kappa shape index (κ2) is 5.00. The number of rotatable bonds is 4. The zero-order valence-electron chi connectivity index (χ0n) is 11.1. The number of nitrogens with zero attached hydrogens (tertiary/aromatic N) is 1. The number of H-pyrrole nitrogens is 1. The first-order chi connectivity index (χ1) is 8.71. The number of anilines is 3. The van der Waals surface area contributed by atoms with E-state index in [1.54, 1.807) is 0 Å². The Hall–Kier alpha value is -2.17. The minimum absolute atomic E-state index is 0.931. The number of aromatic nitrogens is 2. The number of aryl methyl sites for hydroxylation is 1. The van der Waals surface area contributed by atoms with Crippen LogP contribution in [0.2, 0.25) is 0 Å². The predicted molar refractivity (Wildman–Crippen MR) is 76.2 cm³/mol. The minimum atomic E-state index is 0.931. The van der Waals surface area contributed by atoms with Gasteiger partial charge in [0.25, 0.3) is 0 Å². The smallest absolute Gasteiger partial charge is 0.0917 e. The first-order valence-electron chi connectivity index (χ1n) is 5.85. The maximum Gasteiger partial charge on any atom is 0.0917 e. The molecule has 1 aromatic carbocycles. The fourth-order valence-corrected chi connectivity index (χ4v) is 2.01. The monoisotopic (exact) mass is 244 g/mol. The van der Waals surface area contributed by atoms with Crippen molar-refractivity contribution in [3.63, 3.8) is 0 Å². The van der Waals surface area contributed by atoms with Gasteiger partial charge in [-0.2, -0.15) is 5.10 Å². The first-order valence-corrected chi connectivity index (χ1v) is 5.85. The second-order valence-corrected chi connectivity index (χ2v) is 4.01. The lowest BCUT2D eigenvalue weighted by molar-refractivity contribution is 1.04. The van der Waals surface area contributed by atoms with Crippen LogP contribution >= 0.6 is 0 Å². The van der Waals surface area contributed by atoms with E-state index >= 15 is 0 Å². The van der Waals surface area contributed by atoms with Gasteiger partial charge >= 0.3 is 0 Å². The van der Waals surface area contributed by atoms with Gasteiger partial charge in [-0.25, -0.2) is 0 Å². The summed E-state index contributed by atoms with van der Waals surface area (Å²) in [6.45, 7) is 1.97. The Morgan fingerprint density at radius 1 is 1.06 bits per heavy atom. The van der Waals surface area contributed by atoms with E-state index in [2.05, 4.69) is 44.5 Å². The summed E-state index contributed by atoms with van der Waals surface area (Å²) in [5.41, 5.74) is 6.10. The van der Waals surface area contributed by atoms with Gasteiger partial charge in [0.05, 0.1) is 11.9 Å². The van der Waals surface area contributed by atoms with Crippen LogP contribution in [-0.2, 0) is 0 Å². The van der Waals surface area contributed by atoms with E-state index in [0.717, 1.165) is 33.9 Å². The van der Waals surface area contributed by atoms with Crippen molar-refractivity contribution in [2.75, 3.05) is 37.1 Å². The molecule has 1 heterocycles. The Kier molecular flexibility index (Phi) is 3.41. The Morgan fingerprint density at radius 3 is 2.06 bits per heavy atom. The van der Waals surface area contributed by atoms with Gasteiger partial charge in [-0.05, 0) is 19.1 Å². The van der Waals surface area contributed by atoms with Gasteiger partial charge < -0.3 is 16.0 Å². The summed E-state index contributed by atoms with van der Waals surface area (Å²) in [6.07, 6.45) is 3.07. The summed E-state index contributed by atoms with van der Waals surface area (Å²) in [5, 5.41) is 16.5. The van der Waals surface area contributed by atoms with E-state index in [4.69, 9.17) is 0 Å². The molecule has 1 radical (unpaired) electrons. The van der Waals surface area contributed by atoms with Crippen molar-refractivity contribution in [3.05, 3.63) is 24.0 Å². The number of benzene rings is 1. The SMILES string of the molecule is CNc1cc(NC)c(-c2[c][nH]nc2C)c(NC)c1. The topological polar surface area (TPSA) is 64.8 Å². The Bertz CT molecular complexity index is 519. The molecule has 0 saturated heterocycles. The van der Waals surface area contributed by atoms with Crippen LogP contribution in [0.1, 0.15) is 5.69 Å². The zero-order valence-corrected chi connectivity index (χ0v) is 11.1. The molecular weight excluding hydrogens is 226 g/mol. The largest absolute Gasteiger partial charge is 0.388 e. The fourth-order valence-electron chi connectivity index (χ4n) is 2.01. The summed E-state index contributed by atoms with van der Waals surface area (Å²) >= 11 is 0. The molecule has 0 spiro atoms. The van der Waals surface area contributed by atoms with Crippen molar-refractivity contribution >= 4 is 17.1 Å². The molecule has 5 heteroatoms. The molecule has 4 N–H and O–H groups in total. The second-order valence-electron chi connectivity index (χ2n) is 4.01. The molecule has 0 aliphatic heterocycles. The van der Waals surface area contributed by atoms with E-state index in [-0.39, 0.29) is 0 Å². The molecule has 18 heavy (non-hydrogen) atoms. The molecule has 0 fully saturated rings. The lowest BCUT2D eigenvalue weighted by atomic mass is 10.0. The summed E-state index contributed by atoms with van der Waals surface area (Å²) in [5.74, 6) is 0. The lowest BCUT2D eigenvalue weighted by Gasteiger charge is -2.16. The molecule has 0 bridgehead atoms. The van der Waals surface area contributed by atoms with Crippen LogP contribution in [0.4, 0.5) is 17.1 Å². The molecule has 0 amide bonds. The van der Waals surface area contributed by atoms with Crippen molar-refractivity contribution in [2.24, 2.45) is 0 Å². The summed E-state index contributed by atoms with van der Waals surface area (Å²) < 4.78 is 0. The number of hydrogen-bond donors (Lipinski definition) is 4. The summed E-state index contributed by atoms with van der Waals surface area (Å²) in [6, 6.07) is 4.13.